The third-order valence-corrected chi connectivity index (χ3v) is 5.61. The number of nitrogens with zero attached hydrogens (tertiary/aromatic N) is 3. The highest BCUT2D eigenvalue weighted by Crippen LogP contribution is 2.42. The molecule has 0 saturated carbocycles. The molecule has 5 heteroatoms. The fourth-order valence-electron chi connectivity index (χ4n) is 3.95. The van der Waals surface area contributed by atoms with Crippen molar-refractivity contribution in [3.8, 4) is 0 Å². The van der Waals surface area contributed by atoms with Crippen LogP contribution in [-0.2, 0) is 7.05 Å². The summed E-state index contributed by atoms with van der Waals surface area (Å²) < 4.78 is 2.24. The molecule has 2 atom stereocenters. The van der Waals surface area contributed by atoms with E-state index in [0.29, 0.717) is 0 Å². The lowest BCUT2D eigenvalue weighted by Crippen LogP contribution is -2.30. The second kappa shape index (κ2) is 6.82. The lowest BCUT2D eigenvalue weighted by molar-refractivity contribution is 0.539. The summed E-state index contributed by atoms with van der Waals surface area (Å²) in [7, 11) is 2.11. The molecule has 1 N–H and O–H groups in total. The van der Waals surface area contributed by atoms with Crippen molar-refractivity contribution in [1.29, 1.82) is 0 Å². The average Bonchev–Trinajstić information content (AvgIpc) is 3.14. The van der Waals surface area contributed by atoms with Crippen molar-refractivity contribution >= 4 is 23.0 Å². The van der Waals surface area contributed by atoms with E-state index in [4.69, 9.17) is 12.2 Å². The molecule has 0 spiro atoms. The Morgan fingerprint density at radius 2 is 1.74 bits per heavy atom. The van der Waals surface area contributed by atoms with Crippen molar-refractivity contribution in [2.24, 2.45) is 7.05 Å². The fourth-order valence-corrected chi connectivity index (χ4v) is 4.30. The van der Waals surface area contributed by atoms with E-state index in [1.54, 1.807) is 0 Å². The van der Waals surface area contributed by atoms with Crippen molar-refractivity contribution < 1.29 is 0 Å². The van der Waals surface area contributed by atoms with Crippen molar-refractivity contribution in [3.05, 3.63) is 82.9 Å². The highest BCUT2D eigenvalue weighted by Gasteiger charge is 2.42. The van der Waals surface area contributed by atoms with Gasteiger partial charge in [-0.05, 0) is 80.5 Å². The summed E-state index contributed by atoms with van der Waals surface area (Å²) in [6, 6.07) is 17.0. The molecule has 1 aliphatic heterocycles. The molecule has 0 radical (unpaired) electrons. The molecule has 3 aromatic rings. The SMILES string of the molecule is Cc1cc(C)cc(N2C(=S)NC(c3ccccn3)C2c2ccc(C)n2C)c1. The number of benzene rings is 1. The molecule has 2 aromatic heterocycles. The monoisotopic (exact) mass is 376 g/mol. The van der Waals surface area contributed by atoms with Crippen LogP contribution in [0.2, 0.25) is 0 Å². The van der Waals surface area contributed by atoms with Gasteiger partial charge in [0.05, 0.1) is 11.7 Å². The third kappa shape index (κ3) is 3.12. The van der Waals surface area contributed by atoms with E-state index >= 15 is 0 Å². The third-order valence-electron chi connectivity index (χ3n) is 5.30. The molecule has 138 valence electrons. The van der Waals surface area contributed by atoms with Gasteiger partial charge in [0, 0.05) is 30.3 Å². The van der Waals surface area contributed by atoms with E-state index in [0.717, 1.165) is 16.5 Å². The maximum Gasteiger partial charge on any atom is 0.174 e. The van der Waals surface area contributed by atoms with Gasteiger partial charge in [-0.15, -0.1) is 0 Å². The van der Waals surface area contributed by atoms with Crippen LogP contribution in [0.4, 0.5) is 5.69 Å². The van der Waals surface area contributed by atoms with E-state index in [9.17, 15) is 0 Å². The van der Waals surface area contributed by atoms with Gasteiger partial charge >= 0.3 is 0 Å². The molecule has 1 aromatic carbocycles. The molecule has 3 heterocycles. The summed E-state index contributed by atoms with van der Waals surface area (Å²) >= 11 is 5.79. The first-order valence-corrected chi connectivity index (χ1v) is 9.57. The number of anilines is 1. The van der Waals surface area contributed by atoms with Gasteiger partial charge in [0.25, 0.3) is 0 Å². The summed E-state index contributed by atoms with van der Waals surface area (Å²) in [5.41, 5.74) is 7.02. The van der Waals surface area contributed by atoms with Gasteiger partial charge in [0.15, 0.2) is 5.11 Å². The number of nitrogens with one attached hydrogen (secondary N) is 1. The number of thiocarbonyl (C=S) groups is 1. The Morgan fingerprint density at radius 1 is 1.00 bits per heavy atom. The first kappa shape index (κ1) is 17.7. The second-order valence-electron chi connectivity index (χ2n) is 7.30. The molecule has 4 nitrogen and oxygen atoms in total. The van der Waals surface area contributed by atoms with Gasteiger partial charge in [-0.1, -0.05) is 12.1 Å². The van der Waals surface area contributed by atoms with Crippen molar-refractivity contribution in [3.63, 3.8) is 0 Å². The number of rotatable bonds is 3. The van der Waals surface area contributed by atoms with E-state index in [1.165, 1.54) is 22.5 Å². The van der Waals surface area contributed by atoms with Crippen LogP contribution in [0.25, 0.3) is 0 Å². The predicted molar refractivity (Wildman–Crippen MR) is 114 cm³/mol. The van der Waals surface area contributed by atoms with Crippen LogP contribution >= 0.6 is 12.2 Å². The second-order valence-corrected chi connectivity index (χ2v) is 7.69. The summed E-state index contributed by atoms with van der Waals surface area (Å²) in [5, 5.41) is 4.26. The van der Waals surface area contributed by atoms with Crippen LogP contribution in [0.3, 0.4) is 0 Å². The van der Waals surface area contributed by atoms with Crippen molar-refractivity contribution in [2.75, 3.05) is 4.90 Å². The first-order valence-electron chi connectivity index (χ1n) is 9.17. The molecular formula is C22H24N4S. The van der Waals surface area contributed by atoms with Crippen molar-refractivity contribution in [1.82, 2.24) is 14.9 Å². The maximum atomic E-state index is 5.79. The molecular weight excluding hydrogens is 352 g/mol. The molecule has 1 fully saturated rings. The number of hydrogen-bond acceptors (Lipinski definition) is 2. The molecule has 0 bridgehead atoms. The number of aromatic nitrogens is 2. The lowest BCUT2D eigenvalue weighted by Gasteiger charge is -2.29. The Hall–Kier alpha value is -2.66. The molecule has 0 amide bonds. The Labute approximate surface area is 165 Å². The van der Waals surface area contributed by atoms with Gasteiger partial charge in [-0.3, -0.25) is 4.98 Å². The Bertz CT molecular complexity index is 973. The number of hydrogen-bond donors (Lipinski definition) is 1. The number of aryl methyl sites for hydroxylation is 3. The maximum absolute atomic E-state index is 5.79. The normalized spacial score (nSPS) is 19.4. The van der Waals surface area contributed by atoms with E-state index in [2.05, 4.69) is 84.0 Å². The predicted octanol–water partition coefficient (Wildman–Crippen LogP) is 4.52. The van der Waals surface area contributed by atoms with Gasteiger partial charge in [-0.25, -0.2) is 0 Å². The topological polar surface area (TPSA) is 33.1 Å². The minimum Gasteiger partial charge on any atom is -0.351 e. The largest absolute Gasteiger partial charge is 0.351 e. The zero-order valence-corrected chi connectivity index (χ0v) is 16.9. The molecule has 1 saturated heterocycles. The summed E-state index contributed by atoms with van der Waals surface area (Å²) in [6.07, 6.45) is 1.84. The van der Waals surface area contributed by atoms with Gasteiger partial charge < -0.3 is 14.8 Å². The quantitative estimate of drug-likeness (QED) is 0.681. The summed E-state index contributed by atoms with van der Waals surface area (Å²) in [4.78, 5) is 6.85. The fraction of sp³-hybridized carbons (Fsp3) is 0.273. The first-order chi connectivity index (χ1) is 13.0. The van der Waals surface area contributed by atoms with Gasteiger partial charge in [0.2, 0.25) is 0 Å². The Kier molecular flexibility index (Phi) is 4.48. The summed E-state index contributed by atoms with van der Waals surface area (Å²) in [5.74, 6) is 0. The lowest BCUT2D eigenvalue weighted by atomic mass is 10.0. The zero-order valence-electron chi connectivity index (χ0n) is 16.1. The minimum absolute atomic E-state index is 0.00693. The zero-order chi connectivity index (χ0) is 19.1. The van der Waals surface area contributed by atoms with Crippen LogP contribution in [0, 0.1) is 20.8 Å². The molecule has 27 heavy (non-hydrogen) atoms. The van der Waals surface area contributed by atoms with Gasteiger partial charge in [-0.2, -0.15) is 0 Å². The highest BCUT2D eigenvalue weighted by molar-refractivity contribution is 7.80. The molecule has 0 aliphatic carbocycles. The average molecular weight is 377 g/mol. The molecule has 1 aliphatic rings. The van der Waals surface area contributed by atoms with Crippen LogP contribution < -0.4 is 10.2 Å². The van der Waals surface area contributed by atoms with Crippen LogP contribution in [-0.4, -0.2) is 14.7 Å². The number of pyridine rings is 1. The summed E-state index contributed by atoms with van der Waals surface area (Å²) in [6.45, 7) is 6.38. The van der Waals surface area contributed by atoms with Crippen LogP contribution in [0.1, 0.15) is 40.3 Å². The Morgan fingerprint density at radius 3 is 2.33 bits per heavy atom. The highest BCUT2D eigenvalue weighted by atomic mass is 32.1. The van der Waals surface area contributed by atoms with E-state index in [1.807, 2.05) is 18.3 Å². The smallest absolute Gasteiger partial charge is 0.174 e. The van der Waals surface area contributed by atoms with Crippen molar-refractivity contribution in [2.45, 2.75) is 32.9 Å². The van der Waals surface area contributed by atoms with Gasteiger partial charge in [0.1, 0.15) is 6.04 Å². The minimum atomic E-state index is -0.00693. The molecule has 2 unspecified atom stereocenters. The van der Waals surface area contributed by atoms with Crippen LogP contribution in [0.5, 0.6) is 0 Å². The molecule has 4 rings (SSSR count). The van der Waals surface area contributed by atoms with E-state index in [-0.39, 0.29) is 12.1 Å². The van der Waals surface area contributed by atoms with E-state index < -0.39 is 0 Å². The standard InChI is InChI=1S/C22H24N4S/c1-14-11-15(2)13-17(12-14)26-21(19-9-8-16(3)25(19)4)20(24-22(26)27)18-7-5-6-10-23-18/h5-13,20-21H,1-4H3,(H,24,27). The Balaban J connectivity index is 1.88. The van der Waals surface area contributed by atoms with Crippen LogP contribution in [0.15, 0.2) is 54.7 Å².